The summed E-state index contributed by atoms with van der Waals surface area (Å²) in [5, 5.41) is 3.31. The van der Waals surface area contributed by atoms with Crippen molar-refractivity contribution in [1.29, 1.82) is 0 Å². The molecule has 2 aromatic carbocycles. The molecular formula is C17H17BrFNO. The van der Waals surface area contributed by atoms with Crippen LogP contribution >= 0.6 is 15.9 Å². The Morgan fingerprint density at radius 2 is 2.14 bits per heavy atom. The summed E-state index contributed by atoms with van der Waals surface area (Å²) >= 11 is 3.49. The fourth-order valence-corrected chi connectivity index (χ4v) is 3.20. The molecule has 0 amide bonds. The maximum Gasteiger partial charge on any atom is 0.123 e. The molecular weight excluding hydrogens is 333 g/mol. The van der Waals surface area contributed by atoms with Gasteiger partial charge in [0.25, 0.3) is 0 Å². The molecule has 1 N–H and O–H groups in total. The number of likely N-dealkylation sites (N-methyl/N-ethyl adjacent to an activating group) is 1. The molecule has 1 heterocycles. The van der Waals surface area contributed by atoms with Crippen LogP contribution in [-0.2, 0) is 12.8 Å². The average Bonchev–Trinajstić information content (AvgIpc) is 2.91. The minimum Gasteiger partial charge on any atom is -0.488 e. The summed E-state index contributed by atoms with van der Waals surface area (Å²) in [6.07, 6.45) is 1.67. The number of rotatable bonds is 4. The van der Waals surface area contributed by atoms with Crippen LogP contribution in [0.15, 0.2) is 46.9 Å². The van der Waals surface area contributed by atoms with Gasteiger partial charge in [0, 0.05) is 16.9 Å². The molecule has 0 spiro atoms. The zero-order chi connectivity index (χ0) is 14.8. The van der Waals surface area contributed by atoms with Crippen LogP contribution in [0.25, 0.3) is 0 Å². The van der Waals surface area contributed by atoms with Crippen molar-refractivity contribution < 1.29 is 9.13 Å². The Labute approximate surface area is 132 Å². The van der Waals surface area contributed by atoms with Crippen LogP contribution in [0.5, 0.6) is 5.75 Å². The predicted octanol–water partition coefficient (Wildman–Crippen LogP) is 3.72. The van der Waals surface area contributed by atoms with Crippen molar-refractivity contribution in [3.8, 4) is 5.75 Å². The molecule has 0 fully saturated rings. The summed E-state index contributed by atoms with van der Waals surface area (Å²) in [7, 11) is 1.92. The normalized spacial score (nSPS) is 18.1. The molecule has 2 unspecified atom stereocenters. The standard InChI is InChI=1S/C17H17BrFNO/c1-20-15(9-12-8-13(19)6-7-14(12)18)17-10-11-4-2-3-5-16(11)21-17/h2-8,15,17,20H,9-10H2,1H3. The lowest BCUT2D eigenvalue weighted by Crippen LogP contribution is -2.42. The molecule has 2 nitrogen and oxygen atoms in total. The smallest absolute Gasteiger partial charge is 0.123 e. The number of benzene rings is 2. The van der Waals surface area contributed by atoms with Crippen LogP contribution in [0.4, 0.5) is 4.39 Å². The summed E-state index contributed by atoms with van der Waals surface area (Å²) in [5.74, 6) is 0.750. The van der Waals surface area contributed by atoms with E-state index in [0.29, 0.717) is 6.42 Å². The molecule has 2 aromatic rings. The summed E-state index contributed by atoms with van der Waals surface area (Å²) in [5.41, 5.74) is 2.19. The van der Waals surface area contributed by atoms with Gasteiger partial charge in [-0.05, 0) is 48.9 Å². The van der Waals surface area contributed by atoms with Gasteiger partial charge in [0.15, 0.2) is 0 Å². The maximum atomic E-state index is 13.4. The van der Waals surface area contributed by atoms with Gasteiger partial charge in [0.05, 0.1) is 0 Å². The number of para-hydroxylation sites is 1. The molecule has 21 heavy (non-hydrogen) atoms. The Bertz CT molecular complexity index is 621. The average molecular weight is 350 g/mol. The van der Waals surface area contributed by atoms with Crippen molar-refractivity contribution >= 4 is 15.9 Å². The summed E-state index contributed by atoms with van der Waals surface area (Å²) in [6.45, 7) is 0. The van der Waals surface area contributed by atoms with Crippen LogP contribution in [0.2, 0.25) is 0 Å². The van der Waals surface area contributed by atoms with Crippen molar-refractivity contribution in [2.45, 2.75) is 25.0 Å². The van der Waals surface area contributed by atoms with E-state index in [4.69, 9.17) is 4.74 Å². The second-order valence-corrected chi connectivity index (χ2v) is 6.16. The highest BCUT2D eigenvalue weighted by atomic mass is 79.9. The highest BCUT2D eigenvalue weighted by Crippen LogP contribution is 2.31. The SMILES string of the molecule is CNC(Cc1cc(F)ccc1Br)C1Cc2ccccc2O1. The number of nitrogens with one attached hydrogen (secondary N) is 1. The third-order valence-electron chi connectivity index (χ3n) is 3.94. The number of fused-ring (bicyclic) bond motifs is 1. The lowest BCUT2D eigenvalue weighted by molar-refractivity contribution is 0.182. The fraction of sp³-hybridized carbons (Fsp3) is 0.294. The first-order chi connectivity index (χ1) is 10.2. The van der Waals surface area contributed by atoms with Gasteiger partial charge in [-0.3, -0.25) is 0 Å². The van der Waals surface area contributed by atoms with Crippen LogP contribution in [-0.4, -0.2) is 19.2 Å². The Morgan fingerprint density at radius 3 is 2.90 bits per heavy atom. The van der Waals surface area contributed by atoms with Gasteiger partial charge in [-0.2, -0.15) is 0 Å². The van der Waals surface area contributed by atoms with Gasteiger partial charge in [0.2, 0.25) is 0 Å². The number of ether oxygens (including phenoxy) is 1. The fourth-order valence-electron chi connectivity index (χ4n) is 2.79. The predicted molar refractivity (Wildman–Crippen MR) is 85.2 cm³/mol. The maximum absolute atomic E-state index is 13.4. The second kappa shape index (κ2) is 6.16. The molecule has 2 atom stereocenters. The van der Waals surface area contributed by atoms with Crippen molar-refractivity contribution in [2.24, 2.45) is 0 Å². The van der Waals surface area contributed by atoms with E-state index in [-0.39, 0.29) is 18.0 Å². The minimum absolute atomic E-state index is 0.0718. The minimum atomic E-state index is -0.210. The van der Waals surface area contributed by atoms with E-state index in [1.807, 2.05) is 25.2 Å². The summed E-state index contributed by atoms with van der Waals surface area (Å²) in [4.78, 5) is 0. The lowest BCUT2D eigenvalue weighted by Gasteiger charge is -2.23. The second-order valence-electron chi connectivity index (χ2n) is 5.30. The van der Waals surface area contributed by atoms with E-state index < -0.39 is 0 Å². The van der Waals surface area contributed by atoms with E-state index in [2.05, 4.69) is 27.3 Å². The van der Waals surface area contributed by atoms with Gasteiger partial charge in [-0.25, -0.2) is 4.39 Å². The molecule has 0 saturated carbocycles. The monoisotopic (exact) mass is 349 g/mol. The zero-order valence-electron chi connectivity index (χ0n) is 11.8. The molecule has 4 heteroatoms. The molecule has 3 rings (SSSR count). The quantitative estimate of drug-likeness (QED) is 0.908. The van der Waals surface area contributed by atoms with Crippen molar-refractivity contribution in [2.75, 3.05) is 7.05 Å². The third-order valence-corrected chi connectivity index (χ3v) is 4.71. The summed E-state index contributed by atoms with van der Waals surface area (Å²) in [6, 6.07) is 13.0. The van der Waals surface area contributed by atoms with E-state index in [0.717, 1.165) is 22.2 Å². The molecule has 1 aliphatic rings. The zero-order valence-corrected chi connectivity index (χ0v) is 13.4. The largest absolute Gasteiger partial charge is 0.488 e. The van der Waals surface area contributed by atoms with Crippen molar-refractivity contribution in [3.05, 3.63) is 63.9 Å². The van der Waals surface area contributed by atoms with Gasteiger partial charge < -0.3 is 10.1 Å². The Morgan fingerprint density at radius 1 is 1.33 bits per heavy atom. The van der Waals surface area contributed by atoms with Crippen molar-refractivity contribution in [3.63, 3.8) is 0 Å². The highest BCUT2D eigenvalue weighted by molar-refractivity contribution is 9.10. The van der Waals surface area contributed by atoms with E-state index in [1.54, 1.807) is 12.1 Å². The molecule has 1 aliphatic heterocycles. The first kappa shape index (κ1) is 14.5. The number of halogens is 2. The Kier molecular flexibility index (Phi) is 4.27. The van der Waals surface area contributed by atoms with Crippen LogP contribution < -0.4 is 10.1 Å². The van der Waals surface area contributed by atoms with E-state index in [9.17, 15) is 4.39 Å². The molecule has 0 radical (unpaired) electrons. The van der Waals surface area contributed by atoms with Crippen LogP contribution in [0.1, 0.15) is 11.1 Å². The lowest BCUT2D eigenvalue weighted by atomic mass is 9.98. The summed E-state index contributed by atoms with van der Waals surface area (Å²) < 4.78 is 20.4. The van der Waals surface area contributed by atoms with Gasteiger partial charge >= 0.3 is 0 Å². The topological polar surface area (TPSA) is 21.3 Å². The van der Waals surface area contributed by atoms with E-state index in [1.165, 1.54) is 11.6 Å². The molecule has 0 bridgehead atoms. The van der Waals surface area contributed by atoms with Gasteiger partial charge in [0.1, 0.15) is 17.7 Å². The molecule has 0 saturated heterocycles. The third kappa shape index (κ3) is 3.11. The first-order valence-electron chi connectivity index (χ1n) is 7.03. The van der Waals surface area contributed by atoms with Crippen LogP contribution in [0.3, 0.4) is 0 Å². The molecule has 110 valence electrons. The van der Waals surface area contributed by atoms with Crippen molar-refractivity contribution in [1.82, 2.24) is 5.32 Å². The number of hydrogen-bond acceptors (Lipinski definition) is 2. The Hall–Kier alpha value is -1.39. The van der Waals surface area contributed by atoms with Gasteiger partial charge in [-0.1, -0.05) is 34.1 Å². The van der Waals surface area contributed by atoms with E-state index >= 15 is 0 Å². The first-order valence-corrected chi connectivity index (χ1v) is 7.82. The number of hydrogen-bond donors (Lipinski definition) is 1. The van der Waals surface area contributed by atoms with Gasteiger partial charge in [-0.15, -0.1) is 0 Å². The van der Waals surface area contributed by atoms with Crippen LogP contribution in [0, 0.1) is 5.82 Å². The molecule has 0 aliphatic carbocycles. The Balaban J connectivity index is 1.76. The molecule has 0 aromatic heterocycles. The highest BCUT2D eigenvalue weighted by Gasteiger charge is 2.29.